The molecule has 0 unspecified atom stereocenters. The first kappa shape index (κ1) is 16.4. The van der Waals surface area contributed by atoms with E-state index in [1.807, 2.05) is 0 Å². The molecule has 1 amide bonds. The van der Waals surface area contributed by atoms with E-state index in [2.05, 4.69) is 10.3 Å². The van der Waals surface area contributed by atoms with Crippen molar-refractivity contribution < 1.29 is 4.79 Å². The Morgan fingerprint density at radius 3 is 2.38 bits per heavy atom. The molecular formula is C14H10Cl4N2O. The molecule has 0 spiro atoms. The third kappa shape index (κ3) is 4.75. The lowest BCUT2D eigenvalue weighted by Crippen LogP contribution is -2.26. The molecule has 0 fully saturated rings. The number of halogens is 4. The van der Waals surface area contributed by atoms with Crippen molar-refractivity contribution in [2.45, 2.75) is 6.42 Å². The van der Waals surface area contributed by atoms with Crippen molar-refractivity contribution in [3.63, 3.8) is 0 Å². The van der Waals surface area contributed by atoms with Crippen LogP contribution in [0.5, 0.6) is 0 Å². The summed E-state index contributed by atoms with van der Waals surface area (Å²) in [6.07, 6.45) is 0.588. The predicted molar refractivity (Wildman–Crippen MR) is 86.8 cm³/mol. The van der Waals surface area contributed by atoms with Crippen LogP contribution in [-0.4, -0.2) is 17.4 Å². The molecule has 21 heavy (non-hydrogen) atoms. The van der Waals surface area contributed by atoms with E-state index < -0.39 is 0 Å². The van der Waals surface area contributed by atoms with Crippen LogP contribution in [0.3, 0.4) is 0 Å². The number of carbonyl (C=O) groups is 1. The second-order valence-corrected chi connectivity index (χ2v) is 5.92. The summed E-state index contributed by atoms with van der Waals surface area (Å²) in [6, 6.07) is 8.30. The van der Waals surface area contributed by atoms with Crippen LogP contribution in [0.15, 0.2) is 30.3 Å². The Hall–Kier alpha value is -1.000. The summed E-state index contributed by atoms with van der Waals surface area (Å²) in [6.45, 7) is 0.403. The highest BCUT2D eigenvalue weighted by Crippen LogP contribution is 2.19. The Balaban J connectivity index is 1.96. The number of nitrogens with one attached hydrogen (secondary N) is 1. The predicted octanol–water partition coefficient (Wildman–Crippen LogP) is 4.67. The Morgan fingerprint density at radius 2 is 1.71 bits per heavy atom. The van der Waals surface area contributed by atoms with Crippen LogP contribution in [0.25, 0.3) is 0 Å². The zero-order valence-corrected chi connectivity index (χ0v) is 13.7. The molecule has 0 saturated carbocycles. The lowest BCUT2D eigenvalue weighted by Gasteiger charge is -2.07. The molecule has 0 aliphatic rings. The quantitative estimate of drug-likeness (QED) is 0.802. The lowest BCUT2D eigenvalue weighted by molar-refractivity contribution is 0.0949. The Morgan fingerprint density at radius 1 is 1.05 bits per heavy atom. The molecule has 0 radical (unpaired) electrons. The maximum atomic E-state index is 12.0. The largest absolute Gasteiger partial charge is 0.350 e. The highest BCUT2D eigenvalue weighted by Gasteiger charge is 2.12. The first-order valence-corrected chi connectivity index (χ1v) is 7.52. The molecule has 3 nitrogen and oxygen atoms in total. The highest BCUT2D eigenvalue weighted by molar-refractivity contribution is 6.35. The maximum absolute atomic E-state index is 12.0. The number of nitrogens with zero attached hydrogens (tertiary/aromatic N) is 1. The van der Waals surface area contributed by atoms with Gasteiger partial charge in [-0.2, -0.15) is 0 Å². The van der Waals surface area contributed by atoms with E-state index in [0.29, 0.717) is 23.0 Å². The molecule has 2 rings (SSSR count). The minimum Gasteiger partial charge on any atom is -0.350 e. The Labute approximate surface area is 142 Å². The molecule has 1 N–H and O–H groups in total. The smallest absolute Gasteiger partial charge is 0.271 e. The van der Waals surface area contributed by atoms with Crippen molar-refractivity contribution in [1.29, 1.82) is 0 Å². The normalized spacial score (nSPS) is 10.5. The number of carbonyl (C=O) groups excluding carboxylic acids is 1. The van der Waals surface area contributed by atoms with Crippen molar-refractivity contribution in [2.75, 3.05) is 6.54 Å². The number of benzene rings is 1. The van der Waals surface area contributed by atoms with Gasteiger partial charge in [0, 0.05) is 16.6 Å². The SMILES string of the molecule is O=C(NCCc1cc(Cl)cc(Cl)c1)c1nc(Cl)ccc1Cl. The Bertz CT molecular complexity index is 656. The summed E-state index contributed by atoms with van der Waals surface area (Å²) in [5.41, 5.74) is 1.03. The van der Waals surface area contributed by atoms with Crippen LogP contribution in [0.2, 0.25) is 20.2 Å². The van der Waals surface area contributed by atoms with E-state index in [-0.39, 0.29) is 21.8 Å². The van der Waals surface area contributed by atoms with Gasteiger partial charge in [0.05, 0.1) is 5.02 Å². The van der Waals surface area contributed by atoms with Gasteiger partial charge in [-0.15, -0.1) is 0 Å². The molecule has 0 aliphatic heterocycles. The third-order valence-electron chi connectivity index (χ3n) is 2.65. The molecule has 0 bridgehead atoms. The van der Waals surface area contributed by atoms with Gasteiger partial charge in [-0.25, -0.2) is 4.98 Å². The average Bonchev–Trinajstić information content (AvgIpc) is 2.40. The van der Waals surface area contributed by atoms with E-state index in [1.165, 1.54) is 12.1 Å². The molecule has 1 aromatic heterocycles. The van der Waals surface area contributed by atoms with Crippen LogP contribution in [0.1, 0.15) is 16.1 Å². The number of rotatable bonds is 4. The number of amides is 1. The standard InChI is InChI=1S/C14H10Cl4N2O/c15-9-5-8(6-10(16)7-9)3-4-19-14(21)13-11(17)1-2-12(18)20-13/h1-2,5-7H,3-4H2,(H,19,21). The number of aromatic nitrogens is 1. The minimum absolute atomic E-state index is 0.105. The second kappa shape index (κ2) is 7.32. The van der Waals surface area contributed by atoms with E-state index in [9.17, 15) is 4.79 Å². The third-order valence-corrected chi connectivity index (χ3v) is 3.60. The van der Waals surface area contributed by atoms with Crippen molar-refractivity contribution >= 4 is 52.3 Å². The van der Waals surface area contributed by atoms with Gasteiger partial charge in [0.15, 0.2) is 0 Å². The Kier molecular flexibility index (Phi) is 5.71. The fourth-order valence-corrected chi connectivity index (χ4v) is 2.65. The molecule has 7 heteroatoms. The van der Waals surface area contributed by atoms with Crippen molar-refractivity contribution in [3.8, 4) is 0 Å². The number of hydrogen-bond donors (Lipinski definition) is 1. The maximum Gasteiger partial charge on any atom is 0.271 e. The van der Waals surface area contributed by atoms with E-state index in [0.717, 1.165) is 5.56 Å². The van der Waals surface area contributed by atoms with E-state index in [1.54, 1.807) is 18.2 Å². The van der Waals surface area contributed by atoms with Crippen molar-refractivity contribution in [3.05, 3.63) is 61.8 Å². The van der Waals surface area contributed by atoms with Gasteiger partial charge in [0.1, 0.15) is 10.8 Å². The summed E-state index contributed by atoms with van der Waals surface area (Å²) in [4.78, 5) is 15.9. The van der Waals surface area contributed by atoms with Crippen molar-refractivity contribution in [2.24, 2.45) is 0 Å². The number of hydrogen-bond acceptors (Lipinski definition) is 2. The van der Waals surface area contributed by atoms with Crippen LogP contribution in [-0.2, 0) is 6.42 Å². The van der Waals surface area contributed by atoms with Gasteiger partial charge < -0.3 is 5.32 Å². The first-order valence-electron chi connectivity index (χ1n) is 6.01. The fourth-order valence-electron chi connectivity index (χ4n) is 1.74. The summed E-state index contributed by atoms with van der Waals surface area (Å²) in [5, 5.41) is 4.31. The summed E-state index contributed by atoms with van der Waals surface area (Å²) in [5.74, 6) is -0.379. The summed E-state index contributed by atoms with van der Waals surface area (Å²) >= 11 is 23.5. The van der Waals surface area contributed by atoms with E-state index in [4.69, 9.17) is 46.4 Å². The average molecular weight is 364 g/mol. The lowest BCUT2D eigenvalue weighted by atomic mass is 10.1. The number of pyridine rings is 1. The topological polar surface area (TPSA) is 42.0 Å². The van der Waals surface area contributed by atoms with Crippen molar-refractivity contribution in [1.82, 2.24) is 10.3 Å². The molecule has 110 valence electrons. The molecule has 1 heterocycles. The molecular weight excluding hydrogens is 354 g/mol. The van der Waals surface area contributed by atoms with Crippen LogP contribution < -0.4 is 5.32 Å². The molecule has 0 aliphatic carbocycles. The summed E-state index contributed by atoms with van der Waals surface area (Å²) < 4.78 is 0. The van der Waals surface area contributed by atoms with Gasteiger partial charge in [-0.05, 0) is 42.3 Å². The van der Waals surface area contributed by atoms with Gasteiger partial charge in [-0.3, -0.25) is 4.79 Å². The molecule has 1 aromatic carbocycles. The van der Waals surface area contributed by atoms with Gasteiger partial charge in [-0.1, -0.05) is 46.4 Å². The molecule has 0 saturated heterocycles. The van der Waals surface area contributed by atoms with Gasteiger partial charge in [0.25, 0.3) is 5.91 Å². The van der Waals surface area contributed by atoms with Crippen LogP contribution >= 0.6 is 46.4 Å². The molecule has 2 aromatic rings. The second-order valence-electron chi connectivity index (χ2n) is 4.25. The van der Waals surface area contributed by atoms with Crippen LogP contribution in [0.4, 0.5) is 0 Å². The highest BCUT2D eigenvalue weighted by atomic mass is 35.5. The zero-order chi connectivity index (χ0) is 15.4. The first-order chi connectivity index (χ1) is 9.95. The van der Waals surface area contributed by atoms with Gasteiger partial charge in [0.2, 0.25) is 0 Å². The molecule has 0 atom stereocenters. The minimum atomic E-state index is -0.379. The van der Waals surface area contributed by atoms with E-state index >= 15 is 0 Å². The van der Waals surface area contributed by atoms with Gasteiger partial charge >= 0.3 is 0 Å². The van der Waals surface area contributed by atoms with Crippen LogP contribution in [0, 0.1) is 0 Å². The summed E-state index contributed by atoms with van der Waals surface area (Å²) in [7, 11) is 0. The zero-order valence-electron chi connectivity index (χ0n) is 10.7. The monoisotopic (exact) mass is 362 g/mol. The fraction of sp³-hybridized carbons (Fsp3) is 0.143.